The van der Waals surface area contributed by atoms with Crippen molar-refractivity contribution < 1.29 is 19.1 Å². The van der Waals surface area contributed by atoms with Crippen LogP contribution in [0.1, 0.15) is 16.4 Å². The third-order valence-corrected chi connectivity index (χ3v) is 7.54. The molecule has 2 heterocycles. The number of morpholine rings is 1. The number of hydrogen-bond acceptors (Lipinski definition) is 5. The molecule has 0 spiro atoms. The summed E-state index contributed by atoms with van der Waals surface area (Å²) in [6.07, 6.45) is -0.726. The van der Waals surface area contributed by atoms with Crippen molar-refractivity contribution in [3.8, 4) is 5.75 Å². The molecule has 1 fully saturated rings. The van der Waals surface area contributed by atoms with E-state index < -0.39 is 6.10 Å². The van der Waals surface area contributed by atoms with Gasteiger partial charge >= 0.3 is 0 Å². The highest BCUT2D eigenvalue weighted by molar-refractivity contribution is 8.00. The quantitative estimate of drug-likeness (QED) is 0.522. The number of thioether (sulfide) groups is 1. The fourth-order valence-corrected chi connectivity index (χ4v) is 5.62. The molecular formula is C28H28N2O4S. The number of nitrogens with zero attached hydrogens (tertiary/aromatic N) is 2. The van der Waals surface area contributed by atoms with Gasteiger partial charge in [0.25, 0.3) is 5.91 Å². The molecule has 180 valence electrons. The average Bonchev–Trinajstić information content (AvgIpc) is 2.93. The summed E-state index contributed by atoms with van der Waals surface area (Å²) in [4.78, 5) is 30.2. The van der Waals surface area contributed by atoms with Crippen LogP contribution in [0.25, 0.3) is 0 Å². The molecule has 2 aliphatic heterocycles. The highest BCUT2D eigenvalue weighted by atomic mass is 32.2. The fraction of sp³-hybridized carbons (Fsp3) is 0.286. The molecule has 2 aliphatic rings. The van der Waals surface area contributed by atoms with Gasteiger partial charge in [0.2, 0.25) is 5.91 Å². The maximum absolute atomic E-state index is 13.6. The highest BCUT2D eigenvalue weighted by Crippen LogP contribution is 2.38. The lowest BCUT2D eigenvalue weighted by atomic mass is 10.0. The molecule has 0 bridgehead atoms. The number of ether oxygens (including phenoxy) is 2. The van der Waals surface area contributed by atoms with Crippen molar-refractivity contribution in [2.45, 2.75) is 11.4 Å². The van der Waals surface area contributed by atoms with Gasteiger partial charge in [-0.05, 0) is 23.3 Å². The number of benzene rings is 3. The highest BCUT2D eigenvalue weighted by Gasteiger charge is 2.36. The van der Waals surface area contributed by atoms with E-state index in [1.807, 2.05) is 60.7 Å². The Labute approximate surface area is 209 Å². The van der Waals surface area contributed by atoms with Crippen molar-refractivity contribution in [1.29, 1.82) is 0 Å². The zero-order chi connectivity index (χ0) is 24.0. The number of amides is 2. The second-order valence-electron chi connectivity index (χ2n) is 8.53. The molecule has 3 aromatic carbocycles. The van der Waals surface area contributed by atoms with Crippen LogP contribution < -0.4 is 9.64 Å². The molecule has 0 radical (unpaired) electrons. The molecule has 0 N–H and O–H groups in total. The largest absolute Gasteiger partial charge is 0.476 e. The second-order valence-corrected chi connectivity index (χ2v) is 9.62. The van der Waals surface area contributed by atoms with Gasteiger partial charge in [-0.25, -0.2) is 0 Å². The van der Waals surface area contributed by atoms with Gasteiger partial charge in [-0.15, -0.1) is 11.8 Å². The monoisotopic (exact) mass is 488 g/mol. The van der Waals surface area contributed by atoms with E-state index in [1.54, 1.807) is 21.6 Å². The summed E-state index contributed by atoms with van der Waals surface area (Å²) in [5.74, 6) is 0.704. The predicted molar refractivity (Wildman–Crippen MR) is 138 cm³/mol. The molecule has 2 amide bonds. The molecule has 5 rings (SSSR count). The van der Waals surface area contributed by atoms with E-state index in [1.165, 1.54) is 0 Å². The van der Waals surface area contributed by atoms with Crippen molar-refractivity contribution in [3.05, 3.63) is 96.1 Å². The molecule has 1 saturated heterocycles. The number of carbonyl (C=O) groups is 2. The minimum absolute atomic E-state index is 0.0309. The van der Waals surface area contributed by atoms with Crippen LogP contribution in [-0.4, -0.2) is 61.4 Å². The van der Waals surface area contributed by atoms with E-state index in [-0.39, 0.29) is 29.4 Å². The van der Waals surface area contributed by atoms with Crippen LogP contribution in [0, 0.1) is 0 Å². The van der Waals surface area contributed by atoms with Crippen molar-refractivity contribution in [2.24, 2.45) is 0 Å². The van der Waals surface area contributed by atoms with E-state index in [4.69, 9.17) is 9.47 Å². The summed E-state index contributed by atoms with van der Waals surface area (Å²) in [5.41, 5.74) is 3.01. The Morgan fingerprint density at radius 2 is 1.46 bits per heavy atom. The molecule has 35 heavy (non-hydrogen) atoms. The third-order valence-electron chi connectivity index (χ3n) is 6.25. The van der Waals surface area contributed by atoms with Gasteiger partial charge in [-0.1, -0.05) is 72.8 Å². The summed E-state index contributed by atoms with van der Waals surface area (Å²) >= 11 is 1.60. The summed E-state index contributed by atoms with van der Waals surface area (Å²) < 4.78 is 11.4. The van der Waals surface area contributed by atoms with Crippen molar-refractivity contribution in [1.82, 2.24) is 4.90 Å². The van der Waals surface area contributed by atoms with Crippen LogP contribution in [0.5, 0.6) is 5.75 Å². The molecule has 6 nitrogen and oxygen atoms in total. The number of hydrogen-bond donors (Lipinski definition) is 0. The Balaban J connectivity index is 1.35. The van der Waals surface area contributed by atoms with Crippen molar-refractivity contribution in [3.63, 3.8) is 0 Å². The molecule has 7 heteroatoms. The van der Waals surface area contributed by atoms with Crippen LogP contribution in [0.3, 0.4) is 0 Å². The minimum Gasteiger partial charge on any atom is -0.476 e. The molecule has 0 saturated carbocycles. The molecule has 1 atom stereocenters. The maximum atomic E-state index is 13.6. The van der Waals surface area contributed by atoms with Gasteiger partial charge in [0.15, 0.2) is 6.10 Å². The van der Waals surface area contributed by atoms with Gasteiger partial charge in [-0.3, -0.25) is 9.59 Å². The second kappa shape index (κ2) is 11.0. The van der Waals surface area contributed by atoms with E-state index in [0.717, 1.165) is 11.1 Å². The van der Waals surface area contributed by atoms with Gasteiger partial charge in [0, 0.05) is 13.1 Å². The topological polar surface area (TPSA) is 59.1 Å². The normalized spacial score (nSPS) is 17.6. The van der Waals surface area contributed by atoms with Crippen molar-refractivity contribution in [2.75, 3.05) is 43.5 Å². The summed E-state index contributed by atoms with van der Waals surface area (Å²) in [5, 5.41) is 0.0309. The first-order valence-electron chi connectivity index (χ1n) is 11.8. The Bertz CT molecular complexity index is 1110. The van der Waals surface area contributed by atoms with Gasteiger partial charge < -0.3 is 19.3 Å². The van der Waals surface area contributed by atoms with E-state index >= 15 is 0 Å². The molecule has 0 aromatic heterocycles. The average molecular weight is 489 g/mol. The summed E-state index contributed by atoms with van der Waals surface area (Å²) in [6.45, 7) is 2.33. The SMILES string of the molecule is O=C(C1CN(C(=O)CSC(c2ccccc2)c2ccccc2)c2ccccc2O1)N1CCOCC1. The Morgan fingerprint density at radius 3 is 2.11 bits per heavy atom. The fourth-order valence-electron chi connectivity index (χ4n) is 4.46. The summed E-state index contributed by atoms with van der Waals surface area (Å²) in [7, 11) is 0. The van der Waals surface area contributed by atoms with E-state index in [0.29, 0.717) is 37.7 Å². The van der Waals surface area contributed by atoms with Crippen molar-refractivity contribution >= 4 is 29.3 Å². The van der Waals surface area contributed by atoms with Gasteiger partial charge in [0.1, 0.15) is 5.75 Å². The maximum Gasteiger partial charge on any atom is 0.265 e. The number of fused-ring (bicyclic) bond motifs is 1. The Morgan fingerprint density at radius 1 is 0.857 bits per heavy atom. The van der Waals surface area contributed by atoms with Crippen LogP contribution >= 0.6 is 11.8 Å². The lowest BCUT2D eigenvalue weighted by Gasteiger charge is -2.37. The zero-order valence-electron chi connectivity index (χ0n) is 19.4. The first-order valence-corrected chi connectivity index (χ1v) is 12.9. The van der Waals surface area contributed by atoms with Crippen LogP contribution in [0.2, 0.25) is 0 Å². The number of anilines is 1. The lowest BCUT2D eigenvalue weighted by molar-refractivity contribution is -0.142. The minimum atomic E-state index is -0.726. The molecule has 0 aliphatic carbocycles. The van der Waals surface area contributed by atoms with Crippen LogP contribution in [-0.2, 0) is 14.3 Å². The Hall–Kier alpha value is -3.29. The predicted octanol–water partition coefficient (Wildman–Crippen LogP) is 4.16. The van der Waals surface area contributed by atoms with Gasteiger partial charge in [-0.2, -0.15) is 0 Å². The third kappa shape index (κ3) is 5.36. The van der Waals surface area contributed by atoms with Crippen LogP contribution in [0.15, 0.2) is 84.9 Å². The van der Waals surface area contributed by atoms with Gasteiger partial charge in [0.05, 0.1) is 36.4 Å². The lowest BCUT2D eigenvalue weighted by Crippen LogP contribution is -2.54. The van der Waals surface area contributed by atoms with E-state index in [2.05, 4.69) is 24.3 Å². The number of rotatable bonds is 6. The summed E-state index contributed by atoms with van der Waals surface area (Å²) in [6, 6.07) is 27.9. The molecular weight excluding hydrogens is 460 g/mol. The number of para-hydroxylation sites is 2. The molecule has 3 aromatic rings. The number of carbonyl (C=O) groups excluding carboxylic acids is 2. The first kappa shape index (κ1) is 23.5. The van der Waals surface area contributed by atoms with Crippen LogP contribution in [0.4, 0.5) is 5.69 Å². The van der Waals surface area contributed by atoms with E-state index in [9.17, 15) is 9.59 Å². The molecule has 1 unspecified atom stereocenters. The smallest absolute Gasteiger partial charge is 0.265 e. The zero-order valence-corrected chi connectivity index (χ0v) is 20.2. The standard InChI is InChI=1S/C28H28N2O4S/c31-26(20-35-27(21-9-3-1-4-10-21)22-11-5-2-6-12-22)30-19-25(28(32)29-15-17-33-18-16-29)34-24-14-8-7-13-23(24)30/h1-14,25,27H,15-20H2. The Kier molecular flexibility index (Phi) is 7.35. The first-order chi connectivity index (χ1) is 17.2.